The van der Waals surface area contributed by atoms with E-state index in [2.05, 4.69) is 0 Å². The summed E-state index contributed by atoms with van der Waals surface area (Å²) in [5, 5.41) is 8.52. The maximum absolute atomic E-state index is 11.9. The Bertz CT molecular complexity index is 447. The molecule has 0 saturated carbocycles. The molecule has 0 aliphatic heterocycles. The third kappa shape index (κ3) is 3.70. The molecule has 92 valence electrons. The van der Waals surface area contributed by atoms with Crippen molar-refractivity contribution < 1.29 is 14.7 Å². The minimum absolute atomic E-state index is 0.0341. The molecule has 1 aromatic rings. The highest BCUT2D eigenvalue weighted by Crippen LogP contribution is 2.17. The zero-order valence-corrected chi connectivity index (χ0v) is 10.5. The molecule has 1 aromatic carbocycles. The lowest BCUT2D eigenvalue weighted by molar-refractivity contribution is -0.137. The SMILES string of the molecule is Cc1cc(C)c(C(=O)CCCC(=O)O)cc1C. The summed E-state index contributed by atoms with van der Waals surface area (Å²) in [7, 11) is 0. The van der Waals surface area contributed by atoms with Crippen LogP contribution in [0.15, 0.2) is 12.1 Å². The minimum atomic E-state index is -0.852. The number of hydrogen-bond donors (Lipinski definition) is 1. The third-order valence-corrected chi connectivity index (χ3v) is 2.94. The number of ketones is 1. The van der Waals surface area contributed by atoms with Gasteiger partial charge in [-0.25, -0.2) is 0 Å². The van der Waals surface area contributed by atoms with Crippen molar-refractivity contribution in [3.63, 3.8) is 0 Å². The highest BCUT2D eigenvalue weighted by molar-refractivity contribution is 5.97. The Morgan fingerprint density at radius 2 is 1.59 bits per heavy atom. The quantitative estimate of drug-likeness (QED) is 0.797. The van der Waals surface area contributed by atoms with E-state index in [0.717, 1.165) is 16.7 Å². The number of aryl methyl sites for hydroxylation is 3. The number of rotatable bonds is 5. The molecule has 0 saturated heterocycles. The van der Waals surface area contributed by atoms with E-state index in [-0.39, 0.29) is 12.2 Å². The van der Waals surface area contributed by atoms with Gasteiger partial charge in [0.2, 0.25) is 0 Å². The summed E-state index contributed by atoms with van der Waals surface area (Å²) in [5.41, 5.74) is 3.95. The first-order chi connectivity index (χ1) is 7.91. The fraction of sp³-hybridized carbons (Fsp3) is 0.429. The van der Waals surface area contributed by atoms with Crippen molar-refractivity contribution in [2.45, 2.75) is 40.0 Å². The van der Waals surface area contributed by atoms with E-state index in [0.29, 0.717) is 12.8 Å². The lowest BCUT2D eigenvalue weighted by atomic mass is 9.96. The molecule has 0 fully saturated rings. The average Bonchev–Trinajstić information content (AvgIpc) is 2.22. The van der Waals surface area contributed by atoms with Gasteiger partial charge in [0.05, 0.1) is 0 Å². The standard InChI is InChI=1S/C14H18O3/c1-9-7-11(3)12(8-10(9)2)13(15)5-4-6-14(16)17/h7-8H,4-6H2,1-3H3,(H,16,17). The molecule has 0 radical (unpaired) electrons. The molecule has 1 N–H and O–H groups in total. The lowest BCUT2D eigenvalue weighted by Gasteiger charge is -2.08. The molecular weight excluding hydrogens is 216 g/mol. The van der Waals surface area contributed by atoms with Crippen molar-refractivity contribution in [2.24, 2.45) is 0 Å². The molecule has 0 heterocycles. The van der Waals surface area contributed by atoms with Gasteiger partial charge in [-0.3, -0.25) is 9.59 Å². The Balaban J connectivity index is 2.75. The number of benzene rings is 1. The van der Waals surface area contributed by atoms with E-state index >= 15 is 0 Å². The van der Waals surface area contributed by atoms with Crippen LogP contribution in [-0.2, 0) is 4.79 Å². The predicted octanol–water partition coefficient (Wildman–Crippen LogP) is 3.05. The van der Waals surface area contributed by atoms with E-state index in [4.69, 9.17) is 5.11 Å². The second kappa shape index (κ2) is 5.62. The molecule has 0 aliphatic carbocycles. The molecule has 17 heavy (non-hydrogen) atoms. The molecule has 0 bridgehead atoms. The Kier molecular flexibility index (Phi) is 4.44. The zero-order chi connectivity index (χ0) is 13.0. The van der Waals surface area contributed by atoms with Gasteiger partial charge >= 0.3 is 5.97 Å². The first-order valence-corrected chi connectivity index (χ1v) is 5.74. The number of Topliss-reactive ketones (excluding diaryl/α,β-unsaturated/α-hetero) is 1. The third-order valence-electron chi connectivity index (χ3n) is 2.94. The van der Waals surface area contributed by atoms with Crippen molar-refractivity contribution in [3.05, 3.63) is 34.4 Å². The largest absolute Gasteiger partial charge is 0.481 e. The van der Waals surface area contributed by atoms with Crippen LogP contribution in [0.1, 0.15) is 46.3 Å². The van der Waals surface area contributed by atoms with Crippen LogP contribution in [0.4, 0.5) is 0 Å². The average molecular weight is 234 g/mol. The summed E-state index contributed by atoms with van der Waals surface area (Å²) in [5.74, 6) is -0.818. The molecule has 0 atom stereocenters. The van der Waals surface area contributed by atoms with E-state index in [1.807, 2.05) is 32.9 Å². The zero-order valence-electron chi connectivity index (χ0n) is 10.5. The molecule has 3 nitrogen and oxygen atoms in total. The van der Waals surface area contributed by atoms with Crippen LogP contribution in [0.25, 0.3) is 0 Å². The van der Waals surface area contributed by atoms with Crippen molar-refractivity contribution >= 4 is 11.8 Å². The van der Waals surface area contributed by atoms with Gasteiger partial charge in [-0.1, -0.05) is 6.07 Å². The molecule has 0 unspecified atom stereocenters. The van der Waals surface area contributed by atoms with Gasteiger partial charge < -0.3 is 5.11 Å². The molecular formula is C14H18O3. The monoisotopic (exact) mass is 234 g/mol. The van der Waals surface area contributed by atoms with Crippen LogP contribution in [0.5, 0.6) is 0 Å². The number of hydrogen-bond acceptors (Lipinski definition) is 2. The van der Waals surface area contributed by atoms with Gasteiger partial charge in [-0.05, 0) is 49.9 Å². The van der Waals surface area contributed by atoms with Crippen LogP contribution >= 0.6 is 0 Å². The molecule has 3 heteroatoms. The number of carbonyl (C=O) groups is 2. The fourth-order valence-electron chi connectivity index (χ4n) is 1.80. The summed E-state index contributed by atoms with van der Waals surface area (Å²) in [6.07, 6.45) is 0.756. The van der Waals surface area contributed by atoms with Gasteiger partial charge in [0.25, 0.3) is 0 Å². The first kappa shape index (κ1) is 13.4. The van der Waals surface area contributed by atoms with E-state index < -0.39 is 5.97 Å². The van der Waals surface area contributed by atoms with Gasteiger partial charge in [-0.2, -0.15) is 0 Å². The Morgan fingerprint density at radius 3 is 2.18 bits per heavy atom. The van der Waals surface area contributed by atoms with E-state index in [9.17, 15) is 9.59 Å². The number of carboxylic acid groups (broad SMARTS) is 1. The molecule has 0 aromatic heterocycles. The normalized spacial score (nSPS) is 10.3. The van der Waals surface area contributed by atoms with Gasteiger partial charge in [0.1, 0.15) is 0 Å². The lowest BCUT2D eigenvalue weighted by Crippen LogP contribution is -2.04. The predicted molar refractivity (Wildman–Crippen MR) is 66.5 cm³/mol. The van der Waals surface area contributed by atoms with Gasteiger partial charge in [0, 0.05) is 18.4 Å². The second-order valence-corrected chi connectivity index (χ2v) is 4.42. The molecule has 0 spiro atoms. The molecule has 0 amide bonds. The summed E-state index contributed by atoms with van der Waals surface area (Å²) in [6.45, 7) is 5.90. The van der Waals surface area contributed by atoms with E-state index in [1.165, 1.54) is 5.56 Å². The summed E-state index contributed by atoms with van der Waals surface area (Å²) >= 11 is 0. The maximum atomic E-state index is 11.9. The van der Waals surface area contributed by atoms with Gasteiger partial charge in [0.15, 0.2) is 5.78 Å². The highest BCUT2D eigenvalue weighted by atomic mass is 16.4. The fourth-order valence-corrected chi connectivity index (χ4v) is 1.80. The van der Waals surface area contributed by atoms with Crippen LogP contribution < -0.4 is 0 Å². The topological polar surface area (TPSA) is 54.4 Å². The minimum Gasteiger partial charge on any atom is -0.481 e. The number of carbonyl (C=O) groups excluding carboxylic acids is 1. The first-order valence-electron chi connectivity index (χ1n) is 5.74. The van der Waals surface area contributed by atoms with Crippen LogP contribution in [0, 0.1) is 20.8 Å². The maximum Gasteiger partial charge on any atom is 0.303 e. The Labute approximate surface area is 101 Å². The van der Waals surface area contributed by atoms with Crippen LogP contribution in [0.3, 0.4) is 0 Å². The van der Waals surface area contributed by atoms with Crippen molar-refractivity contribution in [3.8, 4) is 0 Å². The summed E-state index contributed by atoms with van der Waals surface area (Å²) in [6, 6.07) is 3.90. The molecule has 1 rings (SSSR count). The smallest absolute Gasteiger partial charge is 0.303 e. The Hall–Kier alpha value is -1.64. The number of aliphatic carboxylic acids is 1. The second-order valence-electron chi connectivity index (χ2n) is 4.42. The van der Waals surface area contributed by atoms with Crippen molar-refractivity contribution in [2.75, 3.05) is 0 Å². The summed E-state index contributed by atoms with van der Waals surface area (Å²) in [4.78, 5) is 22.3. The van der Waals surface area contributed by atoms with Gasteiger partial charge in [-0.15, -0.1) is 0 Å². The number of carboxylic acids is 1. The van der Waals surface area contributed by atoms with Crippen LogP contribution in [-0.4, -0.2) is 16.9 Å². The van der Waals surface area contributed by atoms with Crippen LogP contribution in [0.2, 0.25) is 0 Å². The van der Waals surface area contributed by atoms with Crippen molar-refractivity contribution in [1.29, 1.82) is 0 Å². The van der Waals surface area contributed by atoms with Crippen molar-refractivity contribution in [1.82, 2.24) is 0 Å². The summed E-state index contributed by atoms with van der Waals surface area (Å²) < 4.78 is 0. The highest BCUT2D eigenvalue weighted by Gasteiger charge is 2.11. The van der Waals surface area contributed by atoms with E-state index in [1.54, 1.807) is 0 Å². The Morgan fingerprint density at radius 1 is 1.00 bits per heavy atom. The molecule has 0 aliphatic rings.